The van der Waals surface area contributed by atoms with Gasteiger partial charge in [-0.15, -0.1) is 0 Å². The first-order chi connectivity index (χ1) is 5.29. The van der Waals surface area contributed by atoms with Gasteiger partial charge in [-0.25, -0.2) is 4.39 Å². The number of halogens is 1. The van der Waals surface area contributed by atoms with Gasteiger partial charge < -0.3 is 0 Å². The lowest BCUT2D eigenvalue weighted by Crippen LogP contribution is -2.67. The summed E-state index contributed by atoms with van der Waals surface area (Å²) >= 11 is 0. The van der Waals surface area contributed by atoms with E-state index >= 15 is 0 Å². The van der Waals surface area contributed by atoms with Gasteiger partial charge in [-0.1, -0.05) is 11.2 Å². The molecule has 0 saturated heterocycles. The van der Waals surface area contributed by atoms with Crippen LogP contribution in [-0.2, 0) is 0 Å². The second-order valence-electron chi connectivity index (χ2n) is 2.45. The third kappa shape index (κ3) is 0.790. The first kappa shape index (κ1) is 6.27. The number of nitrogens with one attached hydrogen (secondary N) is 1. The van der Waals surface area contributed by atoms with Gasteiger partial charge in [0, 0.05) is 0 Å². The normalized spacial score (nSPS) is 27.4. The third-order valence-electron chi connectivity index (χ3n) is 1.72. The molecule has 1 atom stereocenters. The summed E-state index contributed by atoms with van der Waals surface area (Å²) in [4.78, 5) is 0. The zero-order chi connectivity index (χ0) is 7.84. The molecule has 56 valence electrons. The fraction of sp³-hybridized carbons (Fsp3) is 0.143. The topological polar surface area (TPSA) is 52.4 Å². The Morgan fingerprint density at radius 3 is 3.18 bits per heavy atom. The molecule has 0 fully saturated rings. The van der Waals surface area contributed by atoms with Crippen molar-refractivity contribution < 1.29 is 9.49 Å². The Balaban J connectivity index is 2.44. The lowest BCUT2D eigenvalue weighted by atomic mass is 9.97. The minimum absolute atomic E-state index is 0.256. The second kappa shape index (κ2) is 2.02. The molecule has 0 aromatic carbocycles. The monoisotopic (exact) mass is 152 g/mol. The number of allylic oxidation sites excluding steroid dienone is 3. The molecule has 0 radical (unpaired) electrons. The fourth-order valence-electron chi connectivity index (χ4n) is 1.18. The highest BCUT2D eigenvalue weighted by Crippen LogP contribution is 2.19. The van der Waals surface area contributed by atoms with Crippen molar-refractivity contribution in [1.82, 2.24) is 0 Å². The van der Waals surface area contributed by atoms with E-state index in [1.807, 2.05) is 0 Å². The van der Waals surface area contributed by atoms with Crippen LogP contribution in [0.25, 0.3) is 0 Å². The van der Waals surface area contributed by atoms with Crippen molar-refractivity contribution >= 4 is 11.5 Å². The van der Waals surface area contributed by atoms with Crippen LogP contribution in [-0.4, -0.2) is 11.5 Å². The molecular formula is C7H7FN3+. The number of nitrogens with two attached hydrogens (primary N) is 1. The van der Waals surface area contributed by atoms with Crippen molar-refractivity contribution in [3.05, 3.63) is 24.1 Å². The Morgan fingerprint density at radius 1 is 1.64 bits per heavy atom. The molecule has 0 aromatic rings. The maximum absolute atomic E-state index is 13.0. The molecule has 1 aliphatic carbocycles. The lowest BCUT2D eigenvalue weighted by Gasteiger charge is -2.06. The number of amidine groups is 1. The van der Waals surface area contributed by atoms with Gasteiger partial charge in [0.15, 0.2) is 5.92 Å². The molecule has 0 aromatic heterocycles. The van der Waals surface area contributed by atoms with Crippen LogP contribution in [0.5, 0.6) is 0 Å². The summed E-state index contributed by atoms with van der Waals surface area (Å²) < 4.78 is 13.0. The van der Waals surface area contributed by atoms with E-state index in [-0.39, 0.29) is 5.83 Å². The second-order valence-corrected chi connectivity index (χ2v) is 2.45. The molecule has 1 heterocycles. The molecule has 3 nitrogen and oxygen atoms in total. The molecule has 3 N–H and O–H groups in total. The Hall–Kier alpha value is -1.45. The summed E-state index contributed by atoms with van der Waals surface area (Å²) in [5, 5.41) is 6.37. The first-order valence-electron chi connectivity index (χ1n) is 3.28. The van der Waals surface area contributed by atoms with Gasteiger partial charge in [0.25, 0.3) is 5.84 Å². The summed E-state index contributed by atoms with van der Waals surface area (Å²) in [6.45, 7) is 0. The van der Waals surface area contributed by atoms with Crippen molar-refractivity contribution in [2.24, 2.45) is 16.8 Å². The molecule has 0 saturated carbocycles. The predicted molar refractivity (Wildman–Crippen MR) is 39.4 cm³/mol. The molecule has 0 amide bonds. The van der Waals surface area contributed by atoms with E-state index in [0.29, 0.717) is 11.5 Å². The highest BCUT2D eigenvalue weighted by atomic mass is 19.1. The molecule has 4 heteroatoms. The van der Waals surface area contributed by atoms with E-state index in [9.17, 15) is 4.39 Å². The van der Waals surface area contributed by atoms with Crippen LogP contribution in [0.1, 0.15) is 0 Å². The van der Waals surface area contributed by atoms with Crippen LogP contribution in [0.3, 0.4) is 0 Å². The molecule has 0 spiro atoms. The maximum atomic E-state index is 13.0. The Kier molecular flexibility index (Phi) is 1.15. The molecule has 1 aliphatic heterocycles. The number of hydrogen-bond donors (Lipinski definition) is 2. The quantitative estimate of drug-likeness (QED) is 0.451. The van der Waals surface area contributed by atoms with Crippen molar-refractivity contribution in [3.8, 4) is 0 Å². The average Bonchev–Trinajstić information content (AvgIpc) is 2.34. The zero-order valence-electron chi connectivity index (χ0n) is 5.71. The van der Waals surface area contributed by atoms with Gasteiger partial charge in [-0.3, -0.25) is 5.73 Å². The number of hydrazone groups is 1. The van der Waals surface area contributed by atoms with Crippen molar-refractivity contribution in [1.29, 1.82) is 0 Å². The molecule has 0 unspecified atom stereocenters. The standard InChI is InChI=1S/C7H6FN3/c8-4-2-1-3-5-6(4)7(9)11-10-5/h1-3,6H,(H2,9,11)/p+1/t6-/m1/s1. The summed E-state index contributed by atoms with van der Waals surface area (Å²) in [6, 6.07) is 0. The van der Waals surface area contributed by atoms with Crippen LogP contribution in [0.4, 0.5) is 4.39 Å². The Labute approximate surface area is 62.8 Å². The van der Waals surface area contributed by atoms with E-state index in [1.165, 1.54) is 6.08 Å². The number of rotatable bonds is 0. The van der Waals surface area contributed by atoms with Gasteiger partial charge >= 0.3 is 0 Å². The van der Waals surface area contributed by atoms with E-state index in [0.717, 1.165) is 0 Å². The smallest absolute Gasteiger partial charge is 0.282 e. The van der Waals surface area contributed by atoms with Crippen LogP contribution < -0.4 is 10.8 Å². The maximum Gasteiger partial charge on any atom is 0.282 e. The molecular weight excluding hydrogens is 145 g/mol. The molecule has 2 aliphatic rings. The van der Waals surface area contributed by atoms with Crippen LogP contribution in [0.15, 0.2) is 29.2 Å². The van der Waals surface area contributed by atoms with Gasteiger partial charge in [0.05, 0.1) is 0 Å². The zero-order valence-corrected chi connectivity index (χ0v) is 5.71. The van der Waals surface area contributed by atoms with Gasteiger partial charge in [0.2, 0.25) is 0 Å². The van der Waals surface area contributed by atoms with Crippen molar-refractivity contribution in [3.63, 3.8) is 0 Å². The lowest BCUT2D eigenvalue weighted by molar-refractivity contribution is -0.460. The number of nitrogens with zero attached hydrogens (tertiary/aromatic N) is 1. The van der Waals surface area contributed by atoms with Gasteiger partial charge in [-0.05, 0) is 12.2 Å². The molecule has 0 bridgehead atoms. The molecule has 11 heavy (non-hydrogen) atoms. The van der Waals surface area contributed by atoms with Crippen LogP contribution in [0.2, 0.25) is 0 Å². The van der Waals surface area contributed by atoms with E-state index in [2.05, 4.69) is 10.2 Å². The highest BCUT2D eigenvalue weighted by molar-refractivity contribution is 6.13. The van der Waals surface area contributed by atoms with Crippen molar-refractivity contribution in [2.75, 3.05) is 0 Å². The van der Waals surface area contributed by atoms with E-state index in [4.69, 9.17) is 5.73 Å². The largest absolute Gasteiger partial charge is 0.288 e. The Bertz CT molecular complexity index is 312. The first-order valence-corrected chi connectivity index (χ1v) is 3.28. The van der Waals surface area contributed by atoms with E-state index in [1.54, 1.807) is 12.2 Å². The highest BCUT2D eigenvalue weighted by Gasteiger charge is 2.33. The summed E-state index contributed by atoms with van der Waals surface area (Å²) in [7, 11) is 0. The van der Waals surface area contributed by atoms with E-state index < -0.39 is 5.92 Å². The third-order valence-corrected chi connectivity index (χ3v) is 1.72. The summed E-state index contributed by atoms with van der Waals surface area (Å²) in [5.74, 6) is -0.355. The van der Waals surface area contributed by atoms with Crippen LogP contribution in [0, 0.1) is 5.92 Å². The average molecular weight is 152 g/mol. The summed E-state index contributed by atoms with van der Waals surface area (Å²) in [6.07, 6.45) is 4.75. The fourth-order valence-corrected chi connectivity index (χ4v) is 1.18. The minimum Gasteiger partial charge on any atom is -0.288 e. The van der Waals surface area contributed by atoms with Gasteiger partial charge in [0.1, 0.15) is 11.5 Å². The summed E-state index contributed by atoms with van der Waals surface area (Å²) in [5.41, 5.74) is 6.10. The Morgan fingerprint density at radius 2 is 2.45 bits per heavy atom. The van der Waals surface area contributed by atoms with Gasteiger partial charge in [-0.2, -0.15) is 5.10 Å². The minimum atomic E-state index is -0.458. The predicted octanol–water partition coefficient (Wildman–Crippen LogP) is -1.17. The van der Waals surface area contributed by atoms with Crippen molar-refractivity contribution in [2.45, 2.75) is 0 Å². The SMILES string of the molecule is NC1=[NH+]N=C2C=CC=C(F)[C@H]21. The number of hydrogen-bond acceptors (Lipinski definition) is 2. The number of fused-ring (bicyclic) bond motifs is 1. The van der Waals surface area contributed by atoms with Crippen LogP contribution >= 0.6 is 0 Å². The molecule has 2 rings (SSSR count).